The van der Waals surface area contributed by atoms with Gasteiger partial charge >= 0.3 is 0 Å². The lowest BCUT2D eigenvalue weighted by atomic mass is 9.41. The second-order valence-electron chi connectivity index (χ2n) is 19.0. The highest BCUT2D eigenvalue weighted by Crippen LogP contribution is 2.89. The molecular formula is C37H60N4O6. The summed E-state index contributed by atoms with van der Waals surface area (Å²) in [5.41, 5.74) is 8.48. The largest absolute Gasteiger partial charge is 0.390 e. The molecule has 3 aliphatic heterocycles. The summed E-state index contributed by atoms with van der Waals surface area (Å²) in [6.45, 7) is 19.7. The van der Waals surface area contributed by atoms with Crippen LogP contribution in [0.15, 0.2) is 5.11 Å². The van der Waals surface area contributed by atoms with Crippen molar-refractivity contribution in [1.82, 2.24) is 4.90 Å². The minimum atomic E-state index is -1.21. The van der Waals surface area contributed by atoms with E-state index in [1.54, 1.807) is 13.8 Å². The minimum Gasteiger partial charge on any atom is -0.390 e. The van der Waals surface area contributed by atoms with Crippen LogP contribution in [0.2, 0.25) is 0 Å². The van der Waals surface area contributed by atoms with Crippen molar-refractivity contribution in [2.75, 3.05) is 32.9 Å². The molecule has 8 fully saturated rings. The number of azide groups is 1. The zero-order valence-electron chi connectivity index (χ0n) is 29.9. The van der Waals surface area contributed by atoms with Crippen LogP contribution in [0.1, 0.15) is 99.8 Å². The second kappa shape index (κ2) is 10.8. The van der Waals surface area contributed by atoms with Gasteiger partial charge in [0.05, 0.1) is 68.5 Å². The molecule has 264 valence electrons. The molecule has 8 rings (SSSR count). The van der Waals surface area contributed by atoms with Crippen molar-refractivity contribution >= 4 is 0 Å². The first kappa shape index (κ1) is 33.2. The van der Waals surface area contributed by atoms with Crippen LogP contribution in [0.5, 0.6) is 0 Å². The van der Waals surface area contributed by atoms with E-state index in [4.69, 9.17) is 18.9 Å². The van der Waals surface area contributed by atoms with E-state index in [1.165, 1.54) is 25.7 Å². The molecule has 47 heavy (non-hydrogen) atoms. The Hall–Kier alpha value is -0.970. The molecule has 0 aromatic heterocycles. The van der Waals surface area contributed by atoms with Gasteiger partial charge in [0.15, 0.2) is 6.29 Å². The highest BCUT2D eigenvalue weighted by Gasteiger charge is 2.84. The number of aliphatic hydroxyl groups is 2. The van der Waals surface area contributed by atoms with Crippen molar-refractivity contribution in [2.45, 2.75) is 148 Å². The van der Waals surface area contributed by atoms with Crippen molar-refractivity contribution in [2.24, 2.45) is 55.9 Å². The summed E-state index contributed by atoms with van der Waals surface area (Å²) >= 11 is 0. The van der Waals surface area contributed by atoms with E-state index in [1.807, 2.05) is 0 Å². The molecule has 0 aromatic carbocycles. The topological polar surface area (TPSA) is 129 Å². The Balaban J connectivity index is 1.03. The monoisotopic (exact) mass is 656 g/mol. The molecule has 0 amide bonds. The summed E-state index contributed by atoms with van der Waals surface area (Å²) in [6.07, 6.45) is 7.66. The zero-order chi connectivity index (χ0) is 33.4. The van der Waals surface area contributed by atoms with Crippen LogP contribution in [-0.4, -0.2) is 96.4 Å². The number of hydrogen-bond donors (Lipinski definition) is 2. The smallest absolute Gasteiger partial charge is 0.170 e. The quantitative estimate of drug-likeness (QED) is 0.213. The number of hydrogen-bond acceptors (Lipinski definition) is 8. The van der Waals surface area contributed by atoms with Crippen molar-refractivity contribution in [3.8, 4) is 0 Å². The first-order chi connectivity index (χ1) is 22.1. The highest BCUT2D eigenvalue weighted by atomic mass is 16.7. The Labute approximate surface area is 281 Å². The molecule has 0 bridgehead atoms. The van der Waals surface area contributed by atoms with Gasteiger partial charge in [-0.3, -0.25) is 4.90 Å². The molecule has 10 nitrogen and oxygen atoms in total. The summed E-state index contributed by atoms with van der Waals surface area (Å²) in [5.74, 6) is 1.59. The van der Waals surface area contributed by atoms with Crippen LogP contribution in [0.25, 0.3) is 10.4 Å². The Morgan fingerprint density at radius 3 is 2.45 bits per heavy atom. The van der Waals surface area contributed by atoms with Crippen LogP contribution in [-0.2, 0) is 18.9 Å². The second-order valence-corrected chi connectivity index (χ2v) is 19.0. The zero-order valence-corrected chi connectivity index (χ0v) is 29.9. The highest BCUT2D eigenvalue weighted by molar-refractivity contribution is 5.33. The molecule has 14 atom stereocenters. The molecule has 3 saturated heterocycles. The van der Waals surface area contributed by atoms with Crippen molar-refractivity contribution in [3.63, 3.8) is 0 Å². The molecule has 0 unspecified atom stereocenters. The lowest BCUT2D eigenvalue weighted by Crippen LogP contribution is -2.60. The predicted molar refractivity (Wildman–Crippen MR) is 176 cm³/mol. The van der Waals surface area contributed by atoms with Crippen LogP contribution in [0.4, 0.5) is 0 Å². The molecule has 10 heteroatoms. The summed E-state index contributed by atoms with van der Waals surface area (Å²) in [4.78, 5) is 5.57. The van der Waals surface area contributed by atoms with Gasteiger partial charge in [0.2, 0.25) is 0 Å². The summed E-state index contributed by atoms with van der Waals surface area (Å²) in [5, 5.41) is 27.5. The van der Waals surface area contributed by atoms with Crippen molar-refractivity contribution in [3.05, 3.63) is 10.4 Å². The van der Waals surface area contributed by atoms with Gasteiger partial charge in [0, 0.05) is 16.9 Å². The summed E-state index contributed by atoms with van der Waals surface area (Å²) in [7, 11) is 0. The van der Waals surface area contributed by atoms with Crippen molar-refractivity contribution < 1.29 is 29.2 Å². The lowest BCUT2D eigenvalue weighted by molar-refractivity contribution is -0.256. The third-order valence-electron chi connectivity index (χ3n) is 16.5. The van der Waals surface area contributed by atoms with E-state index < -0.39 is 23.9 Å². The molecular weight excluding hydrogens is 596 g/mol. The molecule has 2 N–H and O–H groups in total. The molecule has 0 aromatic rings. The average Bonchev–Trinajstić information content (AvgIpc) is 3.61. The normalized spacial score (nSPS) is 52.8. The first-order valence-corrected chi connectivity index (χ1v) is 18.8. The fourth-order valence-corrected chi connectivity index (χ4v) is 14.2. The fourth-order valence-electron chi connectivity index (χ4n) is 14.2. The molecule has 3 heterocycles. The summed E-state index contributed by atoms with van der Waals surface area (Å²) < 4.78 is 25.4. The van der Waals surface area contributed by atoms with Gasteiger partial charge in [-0.15, -0.1) is 0 Å². The maximum atomic E-state index is 12.5. The SMILES string of the molecule is C[C@@H]1C[C@H]([C@H](N=[N+]=[N-])C(C)(C)O)O[C@H]2[C@H]1[C@@]1(C)CC[C@@]34C[C@@]35CC[C@H](O[C@H]3CN(C6COC6)CCO3)C(C)(C)[C@@H]5CC[C@H]4[C@]1(C)[C@H]2O. The van der Waals surface area contributed by atoms with Crippen molar-refractivity contribution in [1.29, 1.82) is 0 Å². The maximum absolute atomic E-state index is 12.5. The lowest BCUT2D eigenvalue weighted by Gasteiger charge is -2.64. The van der Waals surface area contributed by atoms with E-state index in [0.29, 0.717) is 29.2 Å². The van der Waals surface area contributed by atoms with Gasteiger partial charge in [-0.25, -0.2) is 0 Å². The standard InChI is InChI=1S/C37H60N4O6/c1-21-16-23(30(39-40-38)33(4,5)43)46-29-28(21)34(6)12-13-37-20-36(37)11-10-26(47-27-17-41(14-15-45-27)22-18-44-19-22)32(2,3)24(36)8-9-25(37)35(34,7)31(29)42/h21-31,42-43H,8-20H2,1-7H3/t21-,23-,24+,25+,26+,27+,28+,29+,30+,31+,34-,35-,36-,37+/m1/s1. The van der Waals surface area contributed by atoms with Crippen LogP contribution < -0.4 is 0 Å². The number of morpholine rings is 1. The minimum absolute atomic E-state index is 0.0395. The number of fused-ring (bicyclic) bond motifs is 4. The molecule has 2 spiro atoms. The Morgan fingerprint density at radius 2 is 1.77 bits per heavy atom. The van der Waals surface area contributed by atoms with Gasteiger partial charge in [0.1, 0.15) is 0 Å². The van der Waals surface area contributed by atoms with Gasteiger partial charge in [-0.05, 0) is 116 Å². The number of aliphatic hydroxyl groups excluding tert-OH is 1. The number of ether oxygens (including phenoxy) is 4. The van der Waals surface area contributed by atoms with Gasteiger partial charge in [0.25, 0.3) is 0 Å². The van der Waals surface area contributed by atoms with Crippen LogP contribution >= 0.6 is 0 Å². The number of rotatable bonds is 6. The van der Waals surface area contributed by atoms with E-state index in [9.17, 15) is 15.7 Å². The summed E-state index contributed by atoms with van der Waals surface area (Å²) in [6, 6.07) is -0.190. The van der Waals surface area contributed by atoms with Gasteiger partial charge in [-0.1, -0.05) is 39.7 Å². The predicted octanol–water partition coefficient (Wildman–Crippen LogP) is 5.69. The number of nitrogens with zero attached hydrogens (tertiary/aromatic N) is 4. The Kier molecular flexibility index (Phi) is 7.61. The van der Waals surface area contributed by atoms with E-state index in [0.717, 1.165) is 58.6 Å². The van der Waals surface area contributed by atoms with E-state index in [2.05, 4.69) is 49.5 Å². The third-order valence-corrected chi connectivity index (χ3v) is 16.5. The first-order valence-electron chi connectivity index (χ1n) is 18.8. The van der Waals surface area contributed by atoms with Crippen LogP contribution in [0, 0.1) is 50.7 Å². The maximum Gasteiger partial charge on any atom is 0.170 e. The fraction of sp³-hybridized carbons (Fsp3) is 1.00. The van der Waals surface area contributed by atoms with Gasteiger partial charge in [-0.2, -0.15) is 0 Å². The van der Waals surface area contributed by atoms with Crippen LogP contribution in [0.3, 0.4) is 0 Å². The molecule has 8 aliphatic rings. The third kappa shape index (κ3) is 4.38. The molecule has 5 aliphatic carbocycles. The van der Waals surface area contributed by atoms with E-state index >= 15 is 0 Å². The molecule has 0 radical (unpaired) electrons. The van der Waals surface area contributed by atoms with Gasteiger partial charge < -0.3 is 29.2 Å². The van der Waals surface area contributed by atoms with E-state index in [-0.39, 0.29) is 46.1 Å². The Morgan fingerprint density at radius 1 is 1.04 bits per heavy atom. The average molecular weight is 657 g/mol. The molecule has 5 saturated carbocycles. The Bertz CT molecular complexity index is 1300.